The fourth-order valence-corrected chi connectivity index (χ4v) is 1.50. The first kappa shape index (κ1) is 17.3. The Balaban J connectivity index is 3.07. The highest BCUT2D eigenvalue weighted by Crippen LogP contribution is 2.35. The van der Waals surface area contributed by atoms with E-state index in [1.165, 1.54) is 6.07 Å². The fourth-order valence-electron chi connectivity index (χ4n) is 1.50. The van der Waals surface area contributed by atoms with E-state index in [-0.39, 0.29) is 18.0 Å². The summed E-state index contributed by atoms with van der Waals surface area (Å²) >= 11 is 0. The number of nitrogens with one attached hydrogen (secondary N) is 1. The second-order valence-electron chi connectivity index (χ2n) is 4.68. The zero-order valence-corrected chi connectivity index (χ0v) is 12.0. The smallest absolute Gasteiger partial charge is 0.416 e. The molecule has 0 aliphatic rings. The summed E-state index contributed by atoms with van der Waals surface area (Å²) in [6.07, 6.45) is -3.78. The van der Waals surface area contributed by atoms with E-state index in [4.69, 9.17) is 10.5 Å². The predicted molar refractivity (Wildman–Crippen MR) is 74.1 cm³/mol. The molecule has 118 valence electrons. The van der Waals surface area contributed by atoms with Crippen molar-refractivity contribution in [2.75, 3.05) is 18.5 Å². The molecule has 1 atom stereocenters. The van der Waals surface area contributed by atoms with Gasteiger partial charge in [-0.1, -0.05) is 13.8 Å². The van der Waals surface area contributed by atoms with Crippen LogP contribution in [0.5, 0.6) is 5.75 Å². The maximum absolute atomic E-state index is 12.7. The van der Waals surface area contributed by atoms with Gasteiger partial charge in [-0.25, -0.2) is 0 Å². The molecule has 0 aromatic heterocycles. The van der Waals surface area contributed by atoms with Gasteiger partial charge in [-0.05, 0) is 24.6 Å². The summed E-state index contributed by atoms with van der Waals surface area (Å²) in [5, 5.41) is 2.44. The highest BCUT2D eigenvalue weighted by molar-refractivity contribution is 5.94. The minimum Gasteiger partial charge on any atom is -0.491 e. The minimum atomic E-state index is -4.48. The molecular weight excluding hydrogens is 285 g/mol. The molecular formula is C14H19F3N2O2. The molecule has 0 radical (unpaired) electrons. The van der Waals surface area contributed by atoms with Crippen LogP contribution >= 0.6 is 0 Å². The SMILES string of the molecule is CCCOc1ccc(C(F)(F)F)cc1NC(=O)C(C)CN. The lowest BCUT2D eigenvalue weighted by atomic mass is 10.1. The van der Waals surface area contributed by atoms with E-state index < -0.39 is 23.6 Å². The Kier molecular flexibility index (Phi) is 6.02. The number of alkyl halides is 3. The first-order valence-corrected chi connectivity index (χ1v) is 6.64. The molecule has 0 aliphatic heterocycles. The van der Waals surface area contributed by atoms with Crippen molar-refractivity contribution in [1.29, 1.82) is 0 Å². The van der Waals surface area contributed by atoms with Gasteiger partial charge in [-0.3, -0.25) is 4.79 Å². The third-order valence-electron chi connectivity index (χ3n) is 2.83. The Labute approximate surface area is 121 Å². The molecule has 0 saturated heterocycles. The van der Waals surface area contributed by atoms with Crippen LogP contribution in [0, 0.1) is 5.92 Å². The molecule has 0 fully saturated rings. The van der Waals surface area contributed by atoms with Crippen molar-refractivity contribution >= 4 is 11.6 Å². The highest BCUT2D eigenvalue weighted by Gasteiger charge is 2.31. The molecule has 0 bridgehead atoms. The van der Waals surface area contributed by atoms with Crippen LogP contribution in [0.15, 0.2) is 18.2 Å². The summed E-state index contributed by atoms with van der Waals surface area (Å²) < 4.78 is 43.6. The molecule has 1 aromatic carbocycles. The van der Waals surface area contributed by atoms with Gasteiger partial charge in [0.05, 0.1) is 17.9 Å². The zero-order chi connectivity index (χ0) is 16.0. The van der Waals surface area contributed by atoms with Crippen LogP contribution in [-0.2, 0) is 11.0 Å². The zero-order valence-electron chi connectivity index (χ0n) is 12.0. The van der Waals surface area contributed by atoms with Crippen molar-refractivity contribution in [2.45, 2.75) is 26.4 Å². The normalized spacial score (nSPS) is 12.9. The Morgan fingerprint density at radius 3 is 2.62 bits per heavy atom. The van der Waals surface area contributed by atoms with Crippen LogP contribution < -0.4 is 15.8 Å². The number of anilines is 1. The summed E-state index contributed by atoms with van der Waals surface area (Å²) in [5.74, 6) is -0.737. The Bertz CT molecular complexity index is 490. The maximum atomic E-state index is 12.7. The van der Waals surface area contributed by atoms with Crippen LogP contribution in [0.1, 0.15) is 25.8 Å². The Hall–Kier alpha value is -1.76. The van der Waals surface area contributed by atoms with Crippen molar-refractivity contribution in [3.63, 3.8) is 0 Å². The second kappa shape index (κ2) is 7.31. The average molecular weight is 304 g/mol. The van der Waals surface area contributed by atoms with Crippen molar-refractivity contribution in [1.82, 2.24) is 0 Å². The topological polar surface area (TPSA) is 64.3 Å². The standard InChI is InChI=1S/C14H19F3N2O2/c1-3-6-21-12-5-4-10(14(15,16)17)7-11(12)19-13(20)9(2)8-18/h4-5,7,9H,3,6,8,18H2,1-2H3,(H,19,20). The molecule has 4 nitrogen and oxygen atoms in total. The summed E-state index contributed by atoms with van der Waals surface area (Å²) in [6.45, 7) is 3.92. The van der Waals surface area contributed by atoms with Gasteiger partial charge in [-0.2, -0.15) is 13.2 Å². The number of amides is 1. The van der Waals surface area contributed by atoms with Crippen LogP contribution in [-0.4, -0.2) is 19.1 Å². The molecule has 0 aliphatic carbocycles. The number of hydrogen-bond donors (Lipinski definition) is 2. The number of ether oxygens (including phenoxy) is 1. The average Bonchev–Trinajstić information content (AvgIpc) is 2.43. The third kappa shape index (κ3) is 4.93. The van der Waals surface area contributed by atoms with Crippen LogP contribution in [0.25, 0.3) is 0 Å². The molecule has 0 heterocycles. The quantitative estimate of drug-likeness (QED) is 0.849. The first-order chi connectivity index (χ1) is 9.79. The molecule has 3 N–H and O–H groups in total. The van der Waals surface area contributed by atoms with Crippen LogP contribution in [0.3, 0.4) is 0 Å². The van der Waals surface area contributed by atoms with Gasteiger partial charge in [0.2, 0.25) is 5.91 Å². The number of carbonyl (C=O) groups is 1. The van der Waals surface area contributed by atoms with Crippen molar-refractivity contribution in [3.05, 3.63) is 23.8 Å². The number of hydrogen-bond acceptors (Lipinski definition) is 3. The predicted octanol–water partition coefficient (Wildman–Crippen LogP) is 3.03. The summed E-state index contributed by atoms with van der Waals surface area (Å²) in [7, 11) is 0. The van der Waals surface area contributed by atoms with Crippen LogP contribution in [0.2, 0.25) is 0 Å². The van der Waals surface area contributed by atoms with Gasteiger partial charge < -0.3 is 15.8 Å². The summed E-state index contributed by atoms with van der Waals surface area (Å²) in [4.78, 5) is 11.8. The van der Waals surface area contributed by atoms with Gasteiger partial charge in [-0.15, -0.1) is 0 Å². The monoisotopic (exact) mass is 304 g/mol. The van der Waals surface area contributed by atoms with Gasteiger partial charge in [0.25, 0.3) is 0 Å². The highest BCUT2D eigenvalue weighted by atomic mass is 19.4. The minimum absolute atomic E-state index is 0.00331. The lowest BCUT2D eigenvalue weighted by Gasteiger charge is -2.16. The Morgan fingerprint density at radius 1 is 1.43 bits per heavy atom. The van der Waals surface area contributed by atoms with Gasteiger partial charge in [0.15, 0.2) is 0 Å². The maximum Gasteiger partial charge on any atom is 0.416 e. The molecule has 0 saturated carbocycles. The van der Waals surface area contributed by atoms with E-state index in [0.29, 0.717) is 13.0 Å². The van der Waals surface area contributed by atoms with E-state index in [1.807, 2.05) is 6.92 Å². The number of nitrogens with two attached hydrogens (primary N) is 1. The summed E-state index contributed by atoms with van der Waals surface area (Å²) in [5.41, 5.74) is 4.53. The van der Waals surface area contributed by atoms with E-state index in [1.54, 1.807) is 6.92 Å². The van der Waals surface area contributed by atoms with Crippen molar-refractivity contribution < 1.29 is 22.7 Å². The molecule has 1 rings (SSSR count). The number of rotatable bonds is 6. The molecule has 1 aromatic rings. The van der Waals surface area contributed by atoms with Gasteiger partial charge in [0, 0.05) is 12.5 Å². The van der Waals surface area contributed by atoms with E-state index in [9.17, 15) is 18.0 Å². The molecule has 21 heavy (non-hydrogen) atoms. The molecule has 7 heteroatoms. The lowest BCUT2D eigenvalue weighted by Crippen LogP contribution is -2.27. The molecule has 1 amide bonds. The second-order valence-corrected chi connectivity index (χ2v) is 4.68. The van der Waals surface area contributed by atoms with Crippen molar-refractivity contribution in [2.24, 2.45) is 11.7 Å². The fraction of sp³-hybridized carbons (Fsp3) is 0.500. The molecule has 0 spiro atoms. The third-order valence-corrected chi connectivity index (χ3v) is 2.83. The number of carbonyl (C=O) groups excluding carboxylic acids is 1. The summed E-state index contributed by atoms with van der Waals surface area (Å²) in [6, 6.07) is 3.00. The van der Waals surface area contributed by atoms with E-state index >= 15 is 0 Å². The van der Waals surface area contributed by atoms with Crippen LogP contribution in [0.4, 0.5) is 18.9 Å². The number of halogens is 3. The van der Waals surface area contributed by atoms with E-state index in [0.717, 1.165) is 12.1 Å². The van der Waals surface area contributed by atoms with Crippen molar-refractivity contribution in [3.8, 4) is 5.75 Å². The Morgan fingerprint density at radius 2 is 2.10 bits per heavy atom. The van der Waals surface area contributed by atoms with E-state index in [2.05, 4.69) is 5.32 Å². The van der Waals surface area contributed by atoms with Gasteiger partial charge in [0.1, 0.15) is 5.75 Å². The molecule has 1 unspecified atom stereocenters. The van der Waals surface area contributed by atoms with Gasteiger partial charge >= 0.3 is 6.18 Å². The first-order valence-electron chi connectivity index (χ1n) is 6.64. The number of benzene rings is 1. The largest absolute Gasteiger partial charge is 0.491 e. The lowest BCUT2D eigenvalue weighted by molar-refractivity contribution is -0.137.